The third kappa shape index (κ3) is 7.52. The molecule has 8 nitrogen and oxygen atoms in total. The van der Waals surface area contributed by atoms with E-state index < -0.39 is 30.2 Å². The highest BCUT2D eigenvalue weighted by atomic mass is 16.6. The second-order valence-electron chi connectivity index (χ2n) is 6.69. The van der Waals surface area contributed by atoms with Crippen LogP contribution in [-0.2, 0) is 36.8 Å². The Balaban J connectivity index is 3.08. The standard InChI is InChI=1S/C18H25NO7/c1-11-13(9-25-10-15(20)21)6-12(8-16(22)24-5)7-14(11)19-17(23)26-18(2,3)4/h6-7H,8-10H2,1-5H3,(H,19,23)(H,20,21). The predicted octanol–water partition coefficient (Wildman–Crippen LogP) is 2.66. The van der Waals surface area contributed by atoms with Gasteiger partial charge in [0.1, 0.15) is 12.2 Å². The first kappa shape index (κ1) is 21.4. The fraction of sp³-hybridized carbons (Fsp3) is 0.500. The number of benzene rings is 1. The zero-order valence-electron chi connectivity index (χ0n) is 15.7. The van der Waals surface area contributed by atoms with Crippen LogP contribution in [0.2, 0.25) is 0 Å². The molecule has 144 valence electrons. The summed E-state index contributed by atoms with van der Waals surface area (Å²) < 4.78 is 15.0. The summed E-state index contributed by atoms with van der Waals surface area (Å²) in [6.45, 7) is 6.58. The molecule has 8 heteroatoms. The topological polar surface area (TPSA) is 111 Å². The van der Waals surface area contributed by atoms with Crippen molar-refractivity contribution in [2.45, 2.75) is 46.3 Å². The van der Waals surface area contributed by atoms with E-state index in [1.807, 2.05) is 0 Å². The van der Waals surface area contributed by atoms with Gasteiger partial charge in [-0.3, -0.25) is 10.1 Å². The van der Waals surface area contributed by atoms with Gasteiger partial charge in [-0.1, -0.05) is 6.07 Å². The van der Waals surface area contributed by atoms with Gasteiger partial charge in [0.15, 0.2) is 0 Å². The third-order valence-corrected chi connectivity index (χ3v) is 3.27. The second-order valence-corrected chi connectivity index (χ2v) is 6.69. The number of anilines is 1. The molecule has 0 aliphatic rings. The van der Waals surface area contributed by atoms with Crippen molar-refractivity contribution in [1.29, 1.82) is 0 Å². The highest BCUT2D eigenvalue weighted by molar-refractivity contribution is 5.86. The number of carbonyl (C=O) groups excluding carboxylic acids is 2. The van der Waals surface area contributed by atoms with Crippen LogP contribution in [0.1, 0.15) is 37.5 Å². The van der Waals surface area contributed by atoms with Gasteiger partial charge in [0.2, 0.25) is 0 Å². The summed E-state index contributed by atoms with van der Waals surface area (Å²) in [6.07, 6.45) is -0.626. The number of amides is 1. The molecule has 26 heavy (non-hydrogen) atoms. The fourth-order valence-corrected chi connectivity index (χ4v) is 2.12. The average molecular weight is 367 g/mol. The third-order valence-electron chi connectivity index (χ3n) is 3.27. The number of carbonyl (C=O) groups is 3. The Hall–Kier alpha value is -2.61. The lowest BCUT2D eigenvalue weighted by molar-refractivity contribution is -0.142. The quantitative estimate of drug-likeness (QED) is 0.713. The Morgan fingerprint density at radius 3 is 2.38 bits per heavy atom. The van der Waals surface area contributed by atoms with Crippen molar-refractivity contribution in [2.75, 3.05) is 19.0 Å². The summed E-state index contributed by atoms with van der Waals surface area (Å²) in [5, 5.41) is 11.3. The van der Waals surface area contributed by atoms with E-state index in [4.69, 9.17) is 14.6 Å². The number of carboxylic acids is 1. The Bertz CT molecular complexity index is 677. The van der Waals surface area contributed by atoms with Crippen molar-refractivity contribution in [3.63, 3.8) is 0 Å². The van der Waals surface area contributed by atoms with Crippen LogP contribution in [-0.4, -0.2) is 42.5 Å². The van der Waals surface area contributed by atoms with Crippen molar-refractivity contribution in [2.24, 2.45) is 0 Å². The Morgan fingerprint density at radius 2 is 1.85 bits per heavy atom. The molecule has 0 radical (unpaired) electrons. The number of methoxy groups -OCH3 is 1. The normalized spacial score (nSPS) is 11.0. The molecule has 0 heterocycles. The van der Waals surface area contributed by atoms with Crippen LogP contribution >= 0.6 is 0 Å². The van der Waals surface area contributed by atoms with E-state index in [0.717, 1.165) is 0 Å². The molecular formula is C18H25NO7. The largest absolute Gasteiger partial charge is 0.480 e. The highest BCUT2D eigenvalue weighted by Crippen LogP contribution is 2.24. The number of esters is 1. The van der Waals surface area contributed by atoms with Crippen LogP contribution in [0.4, 0.5) is 10.5 Å². The van der Waals surface area contributed by atoms with Crippen LogP contribution in [0.15, 0.2) is 12.1 Å². The van der Waals surface area contributed by atoms with Gasteiger partial charge in [0.25, 0.3) is 0 Å². The molecule has 0 bridgehead atoms. The predicted molar refractivity (Wildman–Crippen MR) is 94.0 cm³/mol. The summed E-state index contributed by atoms with van der Waals surface area (Å²) in [7, 11) is 1.28. The van der Waals surface area contributed by atoms with Gasteiger partial charge in [-0.2, -0.15) is 0 Å². The average Bonchev–Trinajstić information content (AvgIpc) is 2.49. The van der Waals surface area contributed by atoms with Gasteiger partial charge in [-0.25, -0.2) is 9.59 Å². The lowest BCUT2D eigenvalue weighted by Crippen LogP contribution is -2.27. The summed E-state index contributed by atoms with van der Waals surface area (Å²) in [5.41, 5.74) is 1.74. The SMILES string of the molecule is COC(=O)Cc1cc(COCC(=O)O)c(C)c(NC(=O)OC(C)(C)C)c1. The second kappa shape index (κ2) is 9.19. The molecule has 0 aliphatic heterocycles. The minimum Gasteiger partial charge on any atom is -0.480 e. The highest BCUT2D eigenvalue weighted by Gasteiger charge is 2.18. The van der Waals surface area contributed by atoms with E-state index in [0.29, 0.717) is 22.4 Å². The maximum Gasteiger partial charge on any atom is 0.412 e. The number of rotatable bonds is 7. The fourth-order valence-electron chi connectivity index (χ4n) is 2.12. The van der Waals surface area contributed by atoms with E-state index in [2.05, 4.69) is 10.1 Å². The Kier molecular flexibility index (Phi) is 7.57. The van der Waals surface area contributed by atoms with E-state index in [1.54, 1.807) is 39.8 Å². The minimum atomic E-state index is -1.08. The Labute approximate surface area is 152 Å². The summed E-state index contributed by atoms with van der Waals surface area (Å²) in [4.78, 5) is 34.2. The molecule has 0 spiro atoms. The lowest BCUT2D eigenvalue weighted by Gasteiger charge is -2.21. The molecule has 1 rings (SSSR count). The van der Waals surface area contributed by atoms with Crippen molar-refractivity contribution in [3.05, 3.63) is 28.8 Å². The maximum absolute atomic E-state index is 12.1. The first-order valence-corrected chi connectivity index (χ1v) is 8.00. The molecule has 0 saturated carbocycles. The zero-order valence-corrected chi connectivity index (χ0v) is 15.7. The van der Waals surface area contributed by atoms with Gasteiger partial charge in [-0.05, 0) is 50.5 Å². The van der Waals surface area contributed by atoms with E-state index in [-0.39, 0.29) is 13.0 Å². The van der Waals surface area contributed by atoms with Crippen LogP contribution in [0.3, 0.4) is 0 Å². The maximum atomic E-state index is 12.1. The molecular weight excluding hydrogens is 342 g/mol. The van der Waals surface area contributed by atoms with Gasteiger partial charge >= 0.3 is 18.0 Å². The number of hydrogen-bond donors (Lipinski definition) is 2. The molecule has 0 atom stereocenters. The molecule has 2 N–H and O–H groups in total. The molecule has 0 aliphatic carbocycles. The number of carboxylic acid groups (broad SMARTS) is 1. The molecule has 0 saturated heterocycles. The van der Waals surface area contributed by atoms with Gasteiger partial charge < -0.3 is 19.3 Å². The number of aliphatic carboxylic acids is 1. The molecule has 1 aromatic rings. The molecule has 1 aromatic carbocycles. The lowest BCUT2D eigenvalue weighted by atomic mass is 10.0. The van der Waals surface area contributed by atoms with Crippen molar-refractivity contribution in [1.82, 2.24) is 0 Å². The smallest absolute Gasteiger partial charge is 0.412 e. The summed E-state index contributed by atoms with van der Waals surface area (Å²) in [5.74, 6) is -1.52. The van der Waals surface area contributed by atoms with Gasteiger partial charge in [0, 0.05) is 5.69 Å². The van der Waals surface area contributed by atoms with Crippen LogP contribution in [0, 0.1) is 6.92 Å². The van der Waals surface area contributed by atoms with E-state index >= 15 is 0 Å². The molecule has 0 fully saturated rings. The zero-order chi connectivity index (χ0) is 19.9. The van der Waals surface area contributed by atoms with Crippen LogP contribution in [0.5, 0.6) is 0 Å². The van der Waals surface area contributed by atoms with E-state index in [9.17, 15) is 14.4 Å². The van der Waals surface area contributed by atoms with Gasteiger partial charge in [-0.15, -0.1) is 0 Å². The molecule has 0 unspecified atom stereocenters. The van der Waals surface area contributed by atoms with Crippen molar-refractivity contribution < 1.29 is 33.7 Å². The van der Waals surface area contributed by atoms with Crippen molar-refractivity contribution >= 4 is 23.7 Å². The monoisotopic (exact) mass is 367 g/mol. The van der Waals surface area contributed by atoms with Gasteiger partial charge in [0.05, 0.1) is 20.1 Å². The Morgan fingerprint density at radius 1 is 1.19 bits per heavy atom. The summed E-state index contributed by atoms with van der Waals surface area (Å²) in [6, 6.07) is 3.37. The number of nitrogens with one attached hydrogen (secondary N) is 1. The minimum absolute atomic E-state index is 0.00566. The van der Waals surface area contributed by atoms with Crippen LogP contribution < -0.4 is 5.32 Å². The van der Waals surface area contributed by atoms with E-state index in [1.165, 1.54) is 7.11 Å². The molecule has 1 amide bonds. The molecule has 0 aromatic heterocycles. The summed E-state index contributed by atoms with van der Waals surface area (Å²) >= 11 is 0. The van der Waals surface area contributed by atoms with Crippen molar-refractivity contribution in [3.8, 4) is 0 Å². The number of ether oxygens (including phenoxy) is 3. The van der Waals surface area contributed by atoms with Crippen LogP contribution in [0.25, 0.3) is 0 Å². The first-order chi connectivity index (χ1) is 12.0. The first-order valence-electron chi connectivity index (χ1n) is 8.00. The number of hydrogen-bond acceptors (Lipinski definition) is 6.